The maximum atomic E-state index is 11.1. The standard InChI is InChI=1S/C9H10O3/c1-6-4-3-5-7(10)8(6)9(11)12-2/h3-5,10H,1-2H3. The second kappa shape index (κ2) is 3.26. The van der Waals surface area contributed by atoms with Crippen molar-refractivity contribution in [1.29, 1.82) is 0 Å². The largest absolute Gasteiger partial charge is 0.507 e. The van der Waals surface area contributed by atoms with E-state index in [-0.39, 0.29) is 11.3 Å². The molecule has 1 aromatic carbocycles. The lowest BCUT2D eigenvalue weighted by Crippen LogP contribution is -2.03. The number of methoxy groups -OCH3 is 1. The Hall–Kier alpha value is -1.51. The fraction of sp³-hybridized carbons (Fsp3) is 0.222. The number of phenols is 1. The molecular formula is C9H10O3. The number of aromatic hydroxyl groups is 1. The van der Waals surface area contributed by atoms with Crippen molar-refractivity contribution in [2.24, 2.45) is 0 Å². The number of esters is 1. The first-order valence-electron chi connectivity index (χ1n) is 3.53. The fourth-order valence-electron chi connectivity index (χ4n) is 1.02. The third kappa shape index (κ3) is 1.39. The predicted octanol–water partition coefficient (Wildman–Crippen LogP) is 1.49. The van der Waals surface area contributed by atoms with E-state index >= 15 is 0 Å². The Morgan fingerprint density at radius 2 is 2.17 bits per heavy atom. The summed E-state index contributed by atoms with van der Waals surface area (Å²) in [4.78, 5) is 11.1. The van der Waals surface area contributed by atoms with Gasteiger partial charge in [-0.2, -0.15) is 0 Å². The van der Waals surface area contributed by atoms with Crippen LogP contribution >= 0.6 is 0 Å². The minimum absolute atomic E-state index is 0.0400. The maximum absolute atomic E-state index is 11.1. The van der Waals surface area contributed by atoms with E-state index in [2.05, 4.69) is 4.74 Å². The maximum Gasteiger partial charge on any atom is 0.341 e. The zero-order chi connectivity index (χ0) is 9.14. The molecule has 64 valence electrons. The SMILES string of the molecule is COC(=O)c1c(C)cccc1O. The molecule has 0 saturated carbocycles. The van der Waals surface area contributed by atoms with Crippen molar-refractivity contribution >= 4 is 5.97 Å². The lowest BCUT2D eigenvalue weighted by molar-refractivity contribution is 0.0596. The molecule has 0 heterocycles. The zero-order valence-corrected chi connectivity index (χ0v) is 7.00. The molecule has 0 aliphatic heterocycles. The molecule has 0 bridgehead atoms. The summed E-state index contributed by atoms with van der Waals surface area (Å²) >= 11 is 0. The summed E-state index contributed by atoms with van der Waals surface area (Å²) in [7, 11) is 1.29. The molecule has 0 aromatic heterocycles. The van der Waals surface area contributed by atoms with Crippen LogP contribution in [0.4, 0.5) is 0 Å². The Kier molecular flexibility index (Phi) is 2.33. The molecule has 12 heavy (non-hydrogen) atoms. The van der Waals surface area contributed by atoms with E-state index in [4.69, 9.17) is 0 Å². The molecule has 1 N–H and O–H groups in total. The number of ether oxygens (including phenoxy) is 1. The van der Waals surface area contributed by atoms with Crippen molar-refractivity contribution in [2.45, 2.75) is 6.92 Å². The average Bonchev–Trinajstić information content (AvgIpc) is 2.03. The highest BCUT2D eigenvalue weighted by Crippen LogP contribution is 2.20. The molecule has 0 atom stereocenters. The molecular weight excluding hydrogens is 156 g/mol. The van der Waals surface area contributed by atoms with Gasteiger partial charge in [-0.25, -0.2) is 4.79 Å². The van der Waals surface area contributed by atoms with Crippen molar-refractivity contribution in [1.82, 2.24) is 0 Å². The summed E-state index contributed by atoms with van der Waals surface area (Å²) in [5.74, 6) is -0.549. The van der Waals surface area contributed by atoms with Gasteiger partial charge in [0.2, 0.25) is 0 Å². The molecule has 1 rings (SSSR count). The van der Waals surface area contributed by atoms with E-state index in [1.807, 2.05) is 0 Å². The number of phenolic OH excluding ortho intramolecular Hbond substituents is 1. The monoisotopic (exact) mass is 166 g/mol. The second-order valence-corrected chi connectivity index (χ2v) is 2.46. The number of aryl methyl sites for hydroxylation is 1. The number of benzene rings is 1. The summed E-state index contributed by atoms with van der Waals surface area (Å²) in [6, 6.07) is 4.88. The third-order valence-electron chi connectivity index (χ3n) is 1.64. The molecule has 0 radical (unpaired) electrons. The van der Waals surface area contributed by atoms with Gasteiger partial charge in [0.25, 0.3) is 0 Å². The van der Waals surface area contributed by atoms with Gasteiger partial charge in [-0.15, -0.1) is 0 Å². The molecule has 0 aliphatic carbocycles. The van der Waals surface area contributed by atoms with Crippen molar-refractivity contribution in [3.63, 3.8) is 0 Å². The van der Waals surface area contributed by atoms with Crippen LogP contribution in [0.3, 0.4) is 0 Å². The molecule has 1 aromatic rings. The van der Waals surface area contributed by atoms with Gasteiger partial charge in [-0.05, 0) is 18.6 Å². The van der Waals surface area contributed by atoms with Crippen LogP contribution in [0, 0.1) is 6.92 Å². The topological polar surface area (TPSA) is 46.5 Å². The molecule has 0 fully saturated rings. The Bertz CT molecular complexity index is 284. The lowest BCUT2D eigenvalue weighted by Gasteiger charge is -2.04. The van der Waals surface area contributed by atoms with Crippen LogP contribution in [0.2, 0.25) is 0 Å². The average molecular weight is 166 g/mol. The fourth-order valence-corrected chi connectivity index (χ4v) is 1.02. The van der Waals surface area contributed by atoms with Crippen molar-refractivity contribution < 1.29 is 14.6 Å². The van der Waals surface area contributed by atoms with Crippen molar-refractivity contribution in [2.75, 3.05) is 7.11 Å². The third-order valence-corrected chi connectivity index (χ3v) is 1.64. The van der Waals surface area contributed by atoms with Crippen LogP contribution in [0.5, 0.6) is 5.75 Å². The number of rotatable bonds is 1. The van der Waals surface area contributed by atoms with Crippen LogP contribution < -0.4 is 0 Å². The van der Waals surface area contributed by atoms with E-state index in [1.165, 1.54) is 13.2 Å². The van der Waals surface area contributed by atoms with Gasteiger partial charge in [-0.1, -0.05) is 12.1 Å². The molecule has 3 heteroatoms. The summed E-state index contributed by atoms with van der Waals surface area (Å²) in [5, 5.41) is 9.29. The lowest BCUT2D eigenvalue weighted by atomic mass is 10.1. The van der Waals surface area contributed by atoms with Gasteiger partial charge in [0.1, 0.15) is 11.3 Å². The highest BCUT2D eigenvalue weighted by molar-refractivity contribution is 5.93. The number of hydrogen-bond acceptors (Lipinski definition) is 3. The van der Waals surface area contributed by atoms with Crippen LogP contribution in [-0.4, -0.2) is 18.2 Å². The van der Waals surface area contributed by atoms with Crippen LogP contribution in [0.1, 0.15) is 15.9 Å². The molecule has 0 spiro atoms. The first-order valence-corrected chi connectivity index (χ1v) is 3.53. The minimum Gasteiger partial charge on any atom is -0.507 e. The van der Waals surface area contributed by atoms with Gasteiger partial charge in [0, 0.05) is 0 Å². The summed E-state index contributed by atoms with van der Waals surface area (Å²) in [6.45, 7) is 1.74. The number of carbonyl (C=O) groups is 1. The zero-order valence-electron chi connectivity index (χ0n) is 7.00. The Morgan fingerprint density at radius 1 is 1.50 bits per heavy atom. The van der Waals surface area contributed by atoms with Gasteiger partial charge in [0.15, 0.2) is 0 Å². The summed E-state index contributed by atoms with van der Waals surface area (Å²) in [6.07, 6.45) is 0. The van der Waals surface area contributed by atoms with Crippen LogP contribution in [0.15, 0.2) is 18.2 Å². The molecule has 0 unspecified atom stereocenters. The predicted molar refractivity (Wildman–Crippen MR) is 44.2 cm³/mol. The summed E-state index contributed by atoms with van der Waals surface area (Å²) < 4.78 is 4.50. The highest BCUT2D eigenvalue weighted by atomic mass is 16.5. The van der Waals surface area contributed by atoms with E-state index < -0.39 is 5.97 Å². The minimum atomic E-state index is -0.509. The van der Waals surface area contributed by atoms with Gasteiger partial charge in [0.05, 0.1) is 7.11 Å². The first kappa shape index (κ1) is 8.59. The quantitative estimate of drug-likeness (QED) is 0.643. The van der Waals surface area contributed by atoms with Gasteiger partial charge < -0.3 is 9.84 Å². The van der Waals surface area contributed by atoms with E-state index in [9.17, 15) is 9.90 Å². The second-order valence-electron chi connectivity index (χ2n) is 2.46. The normalized spacial score (nSPS) is 9.50. The number of hydrogen-bond donors (Lipinski definition) is 1. The van der Waals surface area contributed by atoms with Gasteiger partial charge in [-0.3, -0.25) is 0 Å². The van der Waals surface area contributed by atoms with Crippen molar-refractivity contribution in [3.8, 4) is 5.75 Å². The molecule has 3 nitrogen and oxygen atoms in total. The molecule has 0 amide bonds. The van der Waals surface area contributed by atoms with Crippen LogP contribution in [-0.2, 0) is 4.74 Å². The van der Waals surface area contributed by atoms with Crippen LogP contribution in [0.25, 0.3) is 0 Å². The van der Waals surface area contributed by atoms with E-state index in [0.717, 1.165) is 0 Å². The molecule has 0 aliphatic rings. The first-order chi connectivity index (χ1) is 5.66. The van der Waals surface area contributed by atoms with Gasteiger partial charge >= 0.3 is 5.97 Å². The highest BCUT2D eigenvalue weighted by Gasteiger charge is 2.13. The Morgan fingerprint density at radius 3 is 2.67 bits per heavy atom. The smallest absolute Gasteiger partial charge is 0.341 e. The molecule has 0 saturated heterocycles. The number of carbonyl (C=O) groups excluding carboxylic acids is 1. The Labute approximate surface area is 70.6 Å². The summed E-state index contributed by atoms with van der Waals surface area (Å²) in [5.41, 5.74) is 0.946. The van der Waals surface area contributed by atoms with Crippen molar-refractivity contribution in [3.05, 3.63) is 29.3 Å². The van der Waals surface area contributed by atoms with E-state index in [0.29, 0.717) is 5.56 Å². The Balaban J connectivity index is 3.21. The van der Waals surface area contributed by atoms with E-state index in [1.54, 1.807) is 19.1 Å².